The van der Waals surface area contributed by atoms with Gasteiger partial charge in [-0.3, -0.25) is 44.0 Å². The molecule has 1 N–H and O–H groups in total. The van der Waals surface area contributed by atoms with Gasteiger partial charge in [-0.15, -0.1) is 0 Å². The fraction of sp³-hybridized carbons (Fsp3) is 0.326. The van der Waals surface area contributed by atoms with Crippen LogP contribution in [0.4, 0.5) is 21.6 Å². The van der Waals surface area contributed by atoms with Crippen molar-refractivity contribution in [3.8, 4) is 22.9 Å². The largest absolute Gasteiger partial charge is 0.493 e. The standard InChI is InChI=1S/C46H42ClFN8O6/c1-4-54-36-24-29(9-10-31(36)39-40(54)44(60)56(43(39)59)35-13-15-38(57)51-42(35)58)62-21-5-16-52-17-19-53(20-18-52)37-14-11-30(41(48)50-37)26-7-12-34-32(22-26)46(2,3)45(61)55(34)28-8-6-27(25-49)33(47)23-28/h6-12,14,22-24,35H,4-5,13,15-21H2,1-3H3,(H,51,57,58). The molecular weight excluding hydrogens is 815 g/mol. The van der Waals surface area contributed by atoms with Gasteiger partial charge in [-0.2, -0.15) is 9.65 Å². The maximum atomic E-state index is 15.8. The Kier molecular flexibility index (Phi) is 10.3. The molecule has 1 atom stereocenters. The highest BCUT2D eigenvalue weighted by atomic mass is 35.5. The molecule has 9 rings (SSSR count). The zero-order valence-electron chi connectivity index (χ0n) is 34.3. The second-order valence-electron chi connectivity index (χ2n) is 16.4. The van der Waals surface area contributed by atoms with E-state index in [9.17, 15) is 29.2 Å². The number of piperazine rings is 1. The second-order valence-corrected chi connectivity index (χ2v) is 16.8. The number of anilines is 3. The zero-order chi connectivity index (χ0) is 43.6. The Morgan fingerprint density at radius 3 is 2.47 bits per heavy atom. The third-order valence-electron chi connectivity index (χ3n) is 12.4. The molecular formula is C46H42ClFN8O6. The first-order valence-corrected chi connectivity index (χ1v) is 21.0. The Morgan fingerprint density at radius 2 is 1.76 bits per heavy atom. The fourth-order valence-corrected chi connectivity index (χ4v) is 9.33. The number of carbonyl (C=O) groups is 5. The molecule has 6 heterocycles. The lowest BCUT2D eigenvalue weighted by molar-refractivity contribution is -0.136. The van der Waals surface area contributed by atoms with Crippen molar-refractivity contribution >= 4 is 69.2 Å². The van der Waals surface area contributed by atoms with E-state index in [0.29, 0.717) is 76.8 Å². The molecule has 2 aromatic heterocycles. The summed E-state index contributed by atoms with van der Waals surface area (Å²) in [6.07, 6.45) is 0.908. The van der Waals surface area contributed by atoms with Crippen LogP contribution in [-0.4, -0.2) is 94.3 Å². The number of ether oxygens (including phenoxy) is 1. The van der Waals surface area contributed by atoms with Crippen molar-refractivity contribution in [2.45, 2.75) is 58.0 Å². The van der Waals surface area contributed by atoms with E-state index in [0.717, 1.165) is 36.5 Å². The van der Waals surface area contributed by atoms with Crippen LogP contribution in [0.5, 0.6) is 5.75 Å². The van der Waals surface area contributed by atoms with Crippen LogP contribution in [0, 0.1) is 17.3 Å². The number of benzene rings is 3. The normalized spacial score (nSPS) is 18.7. The number of imide groups is 2. The summed E-state index contributed by atoms with van der Waals surface area (Å²) in [5.74, 6) is -1.73. The summed E-state index contributed by atoms with van der Waals surface area (Å²) in [4.78, 5) is 76.4. The van der Waals surface area contributed by atoms with E-state index >= 15 is 4.39 Å². The van der Waals surface area contributed by atoms with Crippen molar-refractivity contribution in [2.24, 2.45) is 0 Å². The van der Waals surface area contributed by atoms with Crippen LogP contribution in [-0.2, 0) is 26.3 Å². The Morgan fingerprint density at radius 1 is 0.968 bits per heavy atom. The van der Waals surface area contributed by atoms with Gasteiger partial charge in [-0.25, -0.2) is 4.98 Å². The lowest BCUT2D eigenvalue weighted by Gasteiger charge is -2.35. The summed E-state index contributed by atoms with van der Waals surface area (Å²) >= 11 is 6.31. The van der Waals surface area contributed by atoms with Crippen LogP contribution in [0.3, 0.4) is 0 Å². The number of hydrogen-bond donors (Lipinski definition) is 1. The number of aryl methyl sites for hydroxylation is 1. The van der Waals surface area contributed by atoms with Gasteiger partial charge in [0.15, 0.2) is 0 Å². The van der Waals surface area contributed by atoms with Crippen molar-refractivity contribution in [1.82, 2.24) is 24.7 Å². The molecule has 316 valence electrons. The van der Waals surface area contributed by atoms with Crippen molar-refractivity contribution < 1.29 is 33.1 Å². The molecule has 0 radical (unpaired) electrons. The topological polar surface area (TPSA) is 161 Å². The number of pyridine rings is 1. The van der Waals surface area contributed by atoms with Crippen LogP contribution in [0.15, 0.2) is 66.7 Å². The average molecular weight is 857 g/mol. The Balaban J connectivity index is 0.798. The van der Waals surface area contributed by atoms with Gasteiger partial charge in [0.25, 0.3) is 11.8 Å². The van der Waals surface area contributed by atoms with E-state index in [4.69, 9.17) is 16.3 Å². The minimum atomic E-state index is -1.03. The summed E-state index contributed by atoms with van der Waals surface area (Å²) in [7, 11) is 0. The predicted octanol–water partition coefficient (Wildman–Crippen LogP) is 6.34. The van der Waals surface area contributed by atoms with Gasteiger partial charge in [-0.1, -0.05) is 17.7 Å². The Hall–Kier alpha value is -6.63. The van der Waals surface area contributed by atoms with Crippen LogP contribution >= 0.6 is 11.6 Å². The highest BCUT2D eigenvalue weighted by Crippen LogP contribution is 2.47. The molecule has 0 saturated carbocycles. The minimum absolute atomic E-state index is 0.0571. The first-order chi connectivity index (χ1) is 29.8. The number of nitrogens with one attached hydrogen (secondary N) is 1. The highest BCUT2D eigenvalue weighted by Gasteiger charge is 2.48. The van der Waals surface area contributed by atoms with Crippen molar-refractivity contribution in [3.05, 3.63) is 100 Å². The second kappa shape index (κ2) is 15.7. The SMILES string of the molecule is CCn1c2c(c3ccc(OCCCN4CCN(c5ccc(-c6ccc7c(c6)C(C)(C)C(=O)N7c6ccc(C#N)c(Cl)c6)c(F)n5)CC4)cc31)C(=O)N(C1CCC(=O)NC1=O)C2=O. The van der Waals surface area contributed by atoms with E-state index < -0.39 is 41.0 Å². The number of carbonyl (C=O) groups excluding carboxylic acids is 5. The molecule has 1 unspecified atom stereocenters. The quantitative estimate of drug-likeness (QED) is 0.0955. The summed E-state index contributed by atoms with van der Waals surface area (Å²) in [5.41, 5.74) is 3.54. The lowest BCUT2D eigenvalue weighted by Crippen LogP contribution is -2.54. The molecule has 0 bridgehead atoms. The molecule has 14 nitrogen and oxygen atoms in total. The van der Waals surface area contributed by atoms with E-state index in [1.54, 1.807) is 51.9 Å². The molecule has 62 heavy (non-hydrogen) atoms. The number of amides is 5. The van der Waals surface area contributed by atoms with Crippen LogP contribution in [0.2, 0.25) is 5.02 Å². The number of hydrogen-bond acceptors (Lipinski definition) is 10. The minimum Gasteiger partial charge on any atom is -0.493 e. The van der Waals surface area contributed by atoms with Gasteiger partial charge in [0.2, 0.25) is 23.7 Å². The van der Waals surface area contributed by atoms with E-state index in [2.05, 4.69) is 20.1 Å². The number of halogens is 2. The summed E-state index contributed by atoms with van der Waals surface area (Å²) in [6.45, 7) is 10.1. The molecule has 4 aliphatic rings. The molecule has 4 aliphatic heterocycles. The van der Waals surface area contributed by atoms with Crippen molar-refractivity contribution in [3.63, 3.8) is 0 Å². The van der Waals surface area contributed by atoms with Crippen LogP contribution in [0.1, 0.15) is 72.0 Å². The lowest BCUT2D eigenvalue weighted by atomic mass is 9.85. The predicted molar refractivity (Wildman–Crippen MR) is 229 cm³/mol. The molecule has 0 spiro atoms. The van der Waals surface area contributed by atoms with E-state index in [1.807, 2.05) is 51.1 Å². The first-order valence-electron chi connectivity index (χ1n) is 20.6. The van der Waals surface area contributed by atoms with E-state index in [1.165, 1.54) is 0 Å². The highest BCUT2D eigenvalue weighted by molar-refractivity contribution is 6.32. The van der Waals surface area contributed by atoms with Crippen LogP contribution in [0.25, 0.3) is 22.0 Å². The van der Waals surface area contributed by atoms with Gasteiger partial charge >= 0.3 is 0 Å². The maximum absolute atomic E-state index is 15.8. The monoisotopic (exact) mass is 856 g/mol. The Labute approximate surface area is 361 Å². The Bertz CT molecular complexity index is 2790. The zero-order valence-corrected chi connectivity index (χ0v) is 35.1. The smallest absolute Gasteiger partial charge is 0.278 e. The third-order valence-corrected chi connectivity index (χ3v) is 12.7. The van der Waals surface area contributed by atoms with Crippen LogP contribution < -0.4 is 19.9 Å². The van der Waals surface area contributed by atoms with Gasteiger partial charge in [0, 0.05) is 62.7 Å². The summed E-state index contributed by atoms with van der Waals surface area (Å²) < 4.78 is 23.7. The number of piperidine rings is 1. The number of nitriles is 1. The molecule has 5 aromatic rings. The van der Waals surface area contributed by atoms with Crippen molar-refractivity contribution in [1.29, 1.82) is 5.26 Å². The molecule has 0 aliphatic carbocycles. The number of fused-ring (bicyclic) bond motifs is 4. The maximum Gasteiger partial charge on any atom is 0.278 e. The molecule has 2 saturated heterocycles. The summed E-state index contributed by atoms with van der Waals surface area (Å²) in [5, 5.41) is 12.4. The third kappa shape index (κ3) is 6.74. The first kappa shape index (κ1) is 40.8. The van der Waals surface area contributed by atoms with Crippen molar-refractivity contribution in [2.75, 3.05) is 49.1 Å². The van der Waals surface area contributed by atoms with Gasteiger partial charge in [0.1, 0.15) is 29.4 Å². The molecule has 5 amide bonds. The molecule has 3 aromatic carbocycles. The summed E-state index contributed by atoms with van der Waals surface area (Å²) in [6, 6.07) is 20.3. The average Bonchev–Trinajstić information content (AvgIpc) is 3.80. The van der Waals surface area contributed by atoms with Gasteiger partial charge in [-0.05, 0) is 99.3 Å². The fourth-order valence-electron chi connectivity index (χ4n) is 9.11. The van der Waals surface area contributed by atoms with Gasteiger partial charge < -0.3 is 14.2 Å². The molecule has 2 fully saturated rings. The number of nitrogens with zero attached hydrogens (tertiary/aromatic N) is 7. The number of aromatic nitrogens is 2. The number of rotatable bonds is 10. The molecule has 16 heteroatoms. The van der Waals surface area contributed by atoms with E-state index in [-0.39, 0.29) is 35.0 Å². The van der Waals surface area contributed by atoms with Gasteiger partial charge in [0.05, 0.1) is 45.1 Å².